The minimum Gasteiger partial charge on any atom is -0.369 e. The first-order chi connectivity index (χ1) is 4.79. The average Bonchev–Trinajstić information content (AvgIpc) is 2.63. The Hall–Kier alpha value is -0.0400. The van der Waals surface area contributed by atoms with Crippen LogP contribution in [-0.2, 0) is 4.74 Å². The molecule has 2 rings (SSSR count). The molecule has 0 aromatic carbocycles. The van der Waals surface area contributed by atoms with Crippen LogP contribution in [0.25, 0.3) is 0 Å². The number of hydrogen-bond acceptors (Lipinski definition) is 1. The highest BCUT2D eigenvalue weighted by Gasteiger charge is 2.47. The Labute approximate surface area is 62.8 Å². The summed E-state index contributed by atoms with van der Waals surface area (Å²) in [6.45, 7) is 4.63. The van der Waals surface area contributed by atoms with Gasteiger partial charge >= 0.3 is 0 Å². The zero-order valence-electron chi connectivity index (χ0n) is 6.84. The van der Waals surface area contributed by atoms with Crippen LogP contribution in [0.1, 0.15) is 33.1 Å². The second-order valence-electron chi connectivity index (χ2n) is 3.98. The van der Waals surface area contributed by atoms with E-state index in [1.165, 1.54) is 19.3 Å². The monoisotopic (exact) mass is 140 g/mol. The topological polar surface area (TPSA) is 12.5 Å². The average molecular weight is 140 g/mol. The Kier molecular flexibility index (Phi) is 1.48. The molecule has 58 valence electrons. The van der Waals surface area contributed by atoms with Crippen LogP contribution in [0.5, 0.6) is 0 Å². The minimum absolute atomic E-state index is 0.661. The van der Waals surface area contributed by atoms with E-state index in [2.05, 4.69) is 13.8 Å². The van der Waals surface area contributed by atoms with E-state index in [0.717, 1.165) is 11.8 Å². The van der Waals surface area contributed by atoms with Crippen molar-refractivity contribution in [2.24, 2.45) is 11.8 Å². The summed E-state index contributed by atoms with van der Waals surface area (Å²) in [4.78, 5) is 0. The molecular formula is C9H16O. The van der Waals surface area contributed by atoms with Gasteiger partial charge in [-0.15, -0.1) is 0 Å². The normalized spacial score (nSPS) is 45.3. The van der Waals surface area contributed by atoms with Crippen molar-refractivity contribution >= 4 is 0 Å². The molecule has 0 spiro atoms. The van der Waals surface area contributed by atoms with Crippen molar-refractivity contribution in [1.82, 2.24) is 0 Å². The first-order valence-electron chi connectivity index (χ1n) is 4.44. The van der Waals surface area contributed by atoms with E-state index >= 15 is 0 Å². The molecule has 1 aliphatic heterocycles. The van der Waals surface area contributed by atoms with Crippen LogP contribution in [0.3, 0.4) is 0 Å². The standard InChI is InChI=1S/C9H16O/c1-6(2)7-4-3-5-8-9(7)10-8/h6-9H,3-5H2,1-2H3/t7?,8-,9-/m1/s1. The maximum absolute atomic E-state index is 5.55. The summed E-state index contributed by atoms with van der Waals surface area (Å²) < 4.78 is 5.55. The summed E-state index contributed by atoms with van der Waals surface area (Å²) in [5.74, 6) is 1.70. The molecule has 0 aromatic heterocycles. The Morgan fingerprint density at radius 1 is 1.30 bits per heavy atom. The molecule has 1 heterocycles. The van der Waals surface area contributed by atoms with E-state index in [-0.39, 0.29) is 0 Å². The van der Waals surface area contributed by atoms with Gasteiger partial charge in [0.1, 0.15) is 0 Å². The van der Waals surface area contributed by atoms with Gasteiger partial charge in [0.05, 0.1) is 12.2 Å². The van der Waals surface area contributed by atoms with Crippen molar-refractivity contribution in [2.45, 2.75) is 45.3 Å². The first-order valence-corrected chi connectivity index (χ1v) is 4.44. The van der Waals surface area contributed by atoms with Crippen LogP contribution >= 0.6 is 0 Å². The number of epoxide rings is 1. The SMILES string of the molecule is CC(C)C1CCC[C@H]2O[C@H]12. The third-order valence-electron chi connectivity index (χ3n) is 2.93. The number of ether oxygens (including phenoxy) is 1. The molecule has 1 aliphatic carbocycles. The fourth-order valence-electron chi connectivity index (χ4n) is 2.20. The van der Waals surface area contributed by atoms with Crippen LogP contribution in [0.15, 0.2) is 0 Å². The zero-order chi connectivity index (χ0) is 7.14. The summed E-state index contributed by atoms with van der Waals surface area (Å²) in [7, 11) is 0. The van der Waals surface area contributed by atoms with Gasteiger partial charge in [0, 0.05) is 0 Å². The lowest BCUT2D eigenvalue weighted by atomic mass is 9.82. The number of fused-ring (bicyclic) bond motifs is 1. The molecule has 0 bridgehead atoms. The molecule has 0 radical (unpaired) electrons. The van der Waals surface area contributed by atoms with Crippen LogP contribution < -0.4 is 0 Å². The molecule has 1 heteroatoms. The maximum atomic E-state index is 5.55. The lowest BCUT2D eigenvalue weighted by Gasteiger charge is -2.21. The molecule has 10 heavy (non-hydrogen) atoms. The van der Waals surface area contributed by atoms with E-state index in [1.807, 2.05) is 0 Å². The van der Waals surface area contributed by atoms with Gasteiger partial charge in [0.15, 0.2) is 0 Å². The van der Waals surface area contributed by atoms with Crippen LogP contribution in [-0.4, -0.2) is 12.2 Å². The van der Waals surface area contributed by atoms with Crippen molar-refractivity contribution in [3.05, 3.63) is 0 Å². The number of hydrogen-bond donors (Lipinski definition) is 0. The van der Waals surface area contributed by atoms with E-state index in [4.69, 9.17) is 4.74 Å². The summed E-state index contributed by atoms with van der Waals surface area (Å²) in [6, 6.07) is 0. The Morgan fingerprint density at radius 3 is 2.70 bits per heavy atom. The van der Waals surface area contributed by atoms with Gasteiger partial charge in [-0.1, -0.05) is 20.3 Å². The molecular weight excluding hydrogens is 124 g/mol. The van der Waals surface area contributed by atoms with Crippen molar-refractivity contribution in [1.29, 1.82) is 0 Å². The fourth-order valence-corrected chi connectivity index (χ4v) is 2.20. The molecule has 2 aliphatic rings. The lowest BCUT2D eigenvalue weighted by molar-refractivity contribution is 0.262. The summed E-state index contributed by atoms with van der Waals surface area (Å²) >= 11 is 0. The third-order valence-corrected chi connectivity index (χ3v) is 2.93. The number of rotatable bonds is 1. The van der Waals surface area contributed by atoms with Crippen LogP contribution in [0.2, 0.25) is 0 Å². The van der Waals surface area contributed by atoms with Gasteiger partial charge < -0.3 is 4.74 Å². The third kappa shape index (κ3) is 0.968. The minimum atomic E-state index is 0.661. The van der Waals surface area contributed by atoms with E-state index in [0.29, 0.717) is 12.2 Å². The van der Waals surface area contributed by atoms with Gasteiger partial charge in [-0.3, -0.25) is 0 Å². The summed E-state index contributed by atoms with van der Waals surface area (Å²) in [6.07, 6.45) is 5.45. The molecule has 2 fully saturated rings. The van der Waals surface area contributed by atoms with Crippen LogP contribution in [0, 0.1) is 11.8 Å². The summed E-state index contributed by atoms with van der Waals surface area (Å²) in [5, 5.41) is 0. The Morgan fingerprint density at radius 2 is 2.10 bits per heavy atom. The molecule has 1 saturated heterocycles. The lowest BCUT2D eigenvalue weighted by Crippen LogP contribution is -2.21. The molecule has 3 atom stereocenters. The van der Waals surface area contributed by atoms with E-state index in [1.54, 1.807) is 0 Å². The van der Waals surface area contributed by atoms with Crippen molar-refractivity contribution in [2.75, 3.05) is 0 Å². The fraction of sp³-hybridized carbons (Fsp3) is 1.00. The maximum Gasteiger partial charge on any atom is 0.0872 e. The zero-order valence-corrected chi connectivity index (χ0v) is 6.84. The van der Waals surface area contributed by atoms with Gasteiger partial charge in [0.2, 0.25) is 0 Å². The molecule has 0 aromatic rings. The van der Waals surface area contributed by atoms with E-state index in [9.17, 15) is 0 Å². The van der Waals surface area contributed by atoms with Crippen molar-refractivity contribution < 1.29 is 4.74 Å². The quantitative estimate of drug-likeness (QED) is 0.509. The smallest absolute Gasteiger partial charge is 0.0872 e. The van der Waals surface area contributed by atoms with Crippen LogP contribution in [0.4, 0.5) is 0 Å². The van der Waals surface area contributed by atoms with Gasteiger partial charge in [-0.2, -0.15) is 0 Å². The molecule has 0 N–H and O–H groups in total. The molecule has 1 unspecified atom stereocenters. The second kappa shape index (κ2) is 2.23. The van der Waals surface area contributed by atoms with Gasteiger partial charge in [0.25, 0.3) is 0 Å². The van der Waals surface area contributed by atoms with Gasteiger partial charge in [-0.05, 0) is 24.7 Å². The largest absolute Gasteiger partial charge is 0.369 e. The highest BCUT2D eigenvalue weighted by Crippen LogP contribution is 2.43. The Bertz CT molecular complexity index is 131. The second-order valence-corrected chi connectivity index (χ2v) is 3.98. The Balaban J connectivity index is 1.96. The predicted molar refractivity (Wildman–Crippen MR) is 40.8 cm³/mol. The van der Waals surface area contributed by atoms with Gasteiger partial charge in [-0.25, -0.2) is 0 Å². The molecule has 0 amide bonds. The highest BCUT2D eigenvalue weighted by atomic mass is 16.6. The highest BCUT2D eigenvalue weighted by molar-refractivity contribution is 4.95. The van der Waals surface area contributed by atoms with Crippen molar-refractivity contribution in [3.8, 4) is 0 Å². The predicted octanol–water partition coefficient (Wildman–Crippen LogP) is 2.21. The first kappa shape index (κ1) is 6.66. The van der Waals surface area contributed by atoms with Crippen molar-refractivity contribution in [3.63, 3.8) is 0 Å². The molecule has 1 nitrogen and oxygen atoms in total. The van der Waals surface area contributed by atoms with E-state index < -0.39 is 0 Å². The summed E-state index contributed by atoms with van der Waals surface area (Å²) in [5.41, 5.74) is 0. The molecule has 1 saturated carbocycles.